The number of hydrogen-bond donors (Lipinski definition) is 2. The molecule has 2 saturated carbocycles. The van der Waals surface area contributed by atoms with Crippen molar-refractivity contribution in [3.63, 3.8) is 0 Å². The van der Waals surface area contributed by atoms with Gasteiger partial charge in [0.1, 0.15) is 24.4 Å². The highest BCUT2D eigenvalue weighted by Crippen LogP contribution is 2.76. The molecule has 4 aliphatic rings. The average molecular weight is 609 g/mol. The maximum absolute atomic E-state index is 13.5. The lowest BCUT2D eigenvalue weighted by atomic mass is 9.60. The summed E-state index contributed by atoms with van der Waals surface area (Å²) in [6, 6.07) is 9.26. The van der Waals surface area contributed by atoms with Gasteiger partial charge in [-0.3, -0.25) is 19.2 Å². The maximum atomic E-state index is 13.5. The lowest BCUT2D eigenvalue weighted by molar-refractivity contribution is -0.187. The van der Waals surface area contributed by atoms with Crippen LogP contribution in [0.1, 0.15) is 66.4 Å². The second-order valence-electron chi connectivity index (χ2n) is 13.7. The van der Waals surface area contributed by atoms with Crippen LogP contribution in [0.4, 0.5) is 0 Å². The Labute approximate surface area is 258 Å². The van der Waals surface area contributed by atoms with E-state index in [9.17, 15) is 29.4 Å². The predicted molar refractivity (Wildman–Crippen MR) is 160 cm³/mol. The number of Topliss-reactive ketones (excluding diaryl/α,β-unsaturated/α-hetero) is 1. The van der Waals surface area contributed by atoms with Crippen molar-refractivity contribution in [3.05, 3.63) is 59.2 Å². The van der Waals surface area contributed by atoms with Crippen molar-refractivity contribution in [3.8, 4) is 0 Å². The summed E-state index contributed by atoms with van der Waals surface area (Å²) in [5, 5.41) is 24.7. The van der Waals surface area contributed by atoms with E-state index in [1.165, 1.54) is 6.92 Å². The summed E-state index contributed by atoms with van der Waals surface area (Å²) in [4.78, 5) is 51.5. The minimum atomic E-state index is -1.92. The van der Waals surface area contributed by atoms with Gasteiger partial charge in [0.25, 0.3) is 0 Å². The topological polar surface area (TPSA) is 136 Å². The minimum absolute atomic E-state index is 0.0331. The lowest BCUT2D eigenvalue weighted by Crippen LogP contribution is -2.61. The van der Waals surface area contributed by atoms with Crippen LogP contribution >= 0.6 is 0 Å². The Morgan fingerprint density at radius 3 is 2.41 bits per heavy atom. The Kier molecular flexibility index (Phi) is 8.21. The molecule has 0 saturated heterocycles. The smallest absolute Gasteiger partial charge is 0.310 e. The molecule has 9 nitrogen and oxygen atoms in total. The second-order valence-corrected chi connectivity index (χ2v) is 13.7. The van der Waals surface area contributed by atoms with Gasteiger partial charge in [-0.15, -0.1) is 0 Å². The van der Waals surface area contributed by atoms with E-state index in [0.717, 1.165) is 5.56 Å². The molecule has 0 heterocycles. The quantitative estimate of drug-likeness (QED) is 0.243. The fourth-order valence-corrected chi connectivity index (χ4v) is 8.34. The van der Waals surface area contributed by atoms with Gasteiger partial charge < -0.3 is 24.4 Å². The van der Waals surface area contributed by atoms with E-state index < -0.39 is 63.6 Å². The van der Waals surface area contributed by atoms with Crippen molar-refractivity contribution in [2.45, 2.75) is 84.0 Å². The van der Waals surface area contributed by atoms with Crippen LogP contribution in [0.25, 0.3) is 0 Å². The largest absolute Gasteiger partial charge is 0.465 e. The number of benzene rings is 1. The SMILES string of the molecule is CCC(C)C(=O)OC[C@]1(C)[C@H]2[C@@H]3C=C(COC(C)=O)C[C@]4(O)C(=O)C(C)=C[C@H]4[C@@]3(O)[C@H](C)C[C@]21OC(=O)Cc1ccccc1. The fraction of sp³-hybridized carbons (Fsp3) is 0.600. The molecule has 0 aliphatic heterocycles. The van der Waals surface area contributed by atoms with Gasteiger partial charge in [-0.25, -0.2) is 0 Å². The summed E-state index contributed by atoms with van der Waals surface area (Å²) in [6.45, 7) is 10.2. The number of carbonyl (C=O) groups excluding carboxylic acids is 4. The Morgan fingerprint density at radius 2 is 1.77 bits per heavy atom. The van der Waals surface area contributed by atoms with Crippen LogP contribution < -0.4 is 0 Å². The molecule has 9 atom stereocenters. The molecule has 5 rings (SSSR count). The molecule has 9 heteroatoms. The van der Waals surface area contributed by atoms with E-state index in [4.69, 9.17) is 14.2 Å². The normalized spacial score (nSPS) is 37.7. The van der Waals surface area contributed by atoms with Crippen LogP contribution in [-0.2, 0) is 39.8 Å². The number of carbonyl (C=O) groups is 4. The van der Waals surface area contributed by atoms with Gasteiger partial charge in [-0.05, 0) is 42.4 Å². The zero-order valence-corrected chi connectivity index (χ0v) is 26.4. The molecule has 1 aromatic carbocycles. The predicted octanol–water partition coefficient (Wildman–Crippen LogP) is 3.89. The van der Waals surface area contributed by atoms with Crippen molar-refractivity contribution in [1.82, 2.24) is 0 Å². The van der Waals surface area contributed by atoms with Gasteiger partial charge in [0.15, 0.2) is 5.78 Å². The van der Waals surface area contributed by atoms with Crippen LogP contribution in [0.2, 0.25) is 0 Å². The van der Waals surface area contributed by atoms with Gasteiger partial charge in [0.2, 0.25) is 0 Å². The monoisotopic (exact) mass is 608 g/mol. The molecular formula is C35H44O9. The number of ether oxygens (including phenoxy) is 3. The first-order chi connectivity index (χ1) is 20.6. The summed E-state index contributed by atoms with van der Waals surface area (Å²) in [5.41, 5.74) is -3.85. The molecule has 0 bridgehead atoms. The third kappa shape index (κ3) is 4.92. The highest BCUT2D eigenvalue weighted by atomic mass is 16.6. The van der Waals surface area contributed by atoms with E-state index >= 15 is 0 Å². The van der Waals surface area contributed by atoms with Crippen LogP contribution in [0.3, 0.4) is 0 Å². The zero-order chi connectivity index (χ0) is 32.2. The molecule has 1 aromatic rings. The molecule has 44 heavy (non-hydrogen) atoms. The molecule has 0 radical (unpaired) electrons. The molecule has 0 amide bonds. The summed E-state index contributed by atoms with van der Waals surface area (Å²) in [5.74, 6) is -4.81. The van der Waals surface area contributed by atoms with E-state index in [1.54, 1.807) is 26.0 Å². The van der Waals surface area contributed by atoms with E-state index in [-0.39, 0.29) is 44.4 Å². The molecule has 0 aromatic heterocycles. The zero-order valence-electron chi connectivity index (χ0n) is 26.4. The van der Waals surface area contributed by atoms with Crippen molar-refractivity contribution in [1.29, 1.82) is 0 Å². The molecule has 0 spiro atoms. The number of ketones is 1. The molecule has 238 valence electrons. The number of aliphatic hydroxyl groups is 2. The summed E-state index contributed by atoms with van der Waals surface area (Å²) < 4.78 is 17.6. The van der Waals surface area contributed by atoms with Crippen molar-refractivity contribution >= 4 is 23.7 Å². The van der Waals surface area contributed by atoms with E-state index in [1.807, 2.05) is 51.1 Å². The van der Waals surface area contributed by atoms with E-state index in [2.05, 4.69) is 0 Å². The van der Waals surface area contributed by atoms with Crippen LogP contribution in [-0.4, -0.2) is 63.9 Å². The maximum Gasteiger partial charge on any atom is 0.310 e. The van der Waals surface area contributed by atoms with Crippen LogP contribution in [0, 0.1) is 35.0 Å². The first-order valence-corrected chi connectivity index (χ1v) is 15.6. The van der Waals surface area contributed by atoms with Gasteiger partial charge >= 0.3 is 17.9 Å². The first kappa shape index (κ1) is 32.1. The van der Waals surface area contributed by atoms with Gasteiger partial charge in [-0.2, -0.15) is 0 Å². The first-order valence-electron chi connectivity index (χ1n) is 15.6. The third-order valence-electron chi connectivity index (χ3n) is 10.9. The molecule has 1 unspecified atom stereocenters. The summed E-state index contributed by atoms with van der Waals surface area (Å²) in [6.07, 6.45) is 4.24. The van der Waals surface area contributed by atoms with Crippen LogP contribution in [0.15, 0.2) is 53.6 Å². The standard InChI is InChI=1S/C35H44O9/c1-7-20(2)31(39)43-19-32(6)29-26-14-25(18-42-23(5)36)17-33(40)27(13-21(3)30(33)38)35(26,41)22(4)16-34(29,32)44-28(37)15-24-11-9-8-10-12-24/h8-14,20,22,26-27,29,40-41H,7,15-19H2,1-6H3/t20?,22-,26+,27-,29-,32-,33-,34+,35-/m1/s1. The number of hydrogen-bond acceptors (Lipinski definition) is 9. The van der Waals surface area contributed by atoms with Crippen LogP contribution in [0.5, 0.6) is 0 Å². The van der Waals surface area contributed by atoms with Crippen molar-refractivity contribution in [2.75, 3.05) is 13.2 Å². The Hall–Kier alpha value is -3.30. The Morgan fingerprint density at radius 1 is 1.09 bits per heavy atom. The second kappa shape index (κ2) is 11.2. The van der Waals surface area contributed by atoms with Crippen molar-refractivity contribution < 1.29 is 43.6 Å². The van der Waals surface area contributed by atoms with Gasteiger partial charge in [0, 0.05) is 36.5 Å². The number of rotatable bonds is 9. The van der Waals surface area contributed by atoms with E-state index in [0.29, 0.717) is 17.6 Å². The molecular weight excluding hydrogens is 564 g/mol. The molecule has 4 aliphatic carbocycles. The Bertz CT molecular complexity index is 1410. The third-order valence-corrected chi connectivity index (χ3v) is 10.9. The lowest BCUT2D eigenvalue weighted by Gasteiger charge is -2.50. The average Bonchev–Trinajstić information content (AvgIpc) is 3.42. The highest BCUT2D eigenvalue weighted by molar-refractivity contribution is 6.04. The molecule has 2 fully saturated rings. The fourth-order valence-electron chi connectivity index (χ4n) is 8.34. The van der Waals surface area contributed by atoms with Gasteiger partial charge in [-0.1, -0.05) is 70.2 Å². The summed E-state index contributed by atoms with van der Waals surface area (Å²) >= 11 is 0. The highest BCUT2D eigenvalue weighted by Gasteiger charge is 2.85. The number of fused-ring (bicyclic) bond motifs is 5. The number of esters is 3. The molecule has 2 N–H and O–H groups in total. The van der Waals surface area contributed by atoms with Crippen molar-refractivity contribution in [2.24, 2.45) is 35.0 Å². The van der Waals surface area contributed by atoms with Gasteiger partial charge in [0.05, 0.1) is 17.9 Å². The minimum Gasteiger partial charge on any atom is -0.465 e. The Balaban J connectivity index is 1.59. The summed E-state index contributed by atoms with van der Waals surface area (Å²) in [7, 11) is 0.